The molecule has 0 fully saturated rings. The van der Waals surface area contributed by atoms with Crippen LogP contribution in [0.1, 0.15) is 32.5 Å². The number of hydrogen-bond donors (Lipinski definition) is 2. The van der Waals surface area contributed by atoms with Crippen molar-refractivity contribution >= 4 is 23.4 Å². The lowest BCUT2D eigenvalue weighted by atomic mass is 10.2. The molecule has 1 aromatic heterocycles. The molecule has 1 aromatic rings. The molecular formula is C12H19F3N4S. The van der Waals surface area contributed by atoms with Crippen molar-refractivity contribution in [1.82, 2.24) is 9.97 Å². The second kappa shape index (κ2) is 7.56. The molecule has 20 heavy (non-hydrogen) atoms. The zero-order chi connectivity index (χ0) is 15.2. The Bertz CT molecular complexity index is 424. The fourth-order valence-corrected chi connectivity index (χ4v) is 1.87. The molecule has 0 spiro atoms. The Hall–Kier alpha value is -1.18. The number of halogens is 3. The molecule has 114 valence electrons. The monoisotopic (exact) mass is 308 g/mol. The minimum Gasteiger partial charge on any atom is -0.370 e. The number of thioether (sulfide) groups is 1. The van der Waals surface area contributed by atoms with Gasteiger partial charge in [0, 0.05) is 30.8 Å². The summed E-state index contributed by atoms with van der Waals surface area (Å²) in [6, 6.07) is 1.70. The number of aromatic nitrogens is 2. The molecule has 1 rings (SSSR count). The van der Waals surface area contributed by atoms with Gasteiger partial charge in [0.25, 0.3) is 0 Å². The van der Waals surface area contributed by atoms with Crippen molar-refractivity contribution in [3.05, 3.63) is 11.9 Å². The lowest BCUT2D eigenvalue weighted by molar-refractivity contribution is -0.0327. The average molecular weight is 308 g/mol. The number of alkyl halides is 3. The van der Waals surface area contributed by atoms with Crippen LogP contribution >= 0.6 is 11.8 Å². The molecule has 2 N–H and O–H groups in total. The summed E-state index contributed by atoms with van der Waals surface area (Å²) in [5.41, 5.74) is -4.19. The van der Waals surface area contributed by atoms with E-state index in [1.807, 2.05) is 20.8 Å². The molecule has 0 unspecified atom stereocenters. The quantitative estimate of drug-likeness (QED) is 0.752. The fourth-order valence-electron chi connectivity index (χ4n) is 1.43. The first-order chi connectivity index (χ1) is 9.31. The summed E-state index contributed by atoms with van der Waals surface area (Å²) in [5, 5.41) is 5.98. The van der Waals surface area contributed by atoms with Crippen molar-refractivity contribution in [2.24, 2.45) is 0 Å². The van der Waals surface area contributed by atoms with Gasteiger partial charge < -0.3 is 10.6 Å². The Labute approximate surface area is 121 Å². The molecule has 0 aliphatic heterocycles. The van der Waals surface area contributed by atoms with Crippen molar-refractivity contribution in [2.75, 3.05) is 29.5 Å². The first-order valence-corrected chi connectivity index (χ1v) is 7.37. The van der Waals surface area contributed by atoms with Crippen molar-refractivity contribution in [1.29, 1.82) is 0 Å². The third-order valence-electron chi connectivity index (χ3n) is 2.29. The predicted molar refractivity (Wildman–Crippen MR) is 77.3 cm³/mol. The molecule has 8 heteroatoms. The maximum atomic E-state index is 12.0. The Kier molecular flexibility index (Phi) is 6.38. The molecule has 0 atom stereocenters. The van der Waals surface area contributed by atoms with Gasteiger partial charge in [-0.25, -0.2) is 9.97 Å². The highest BCUT2D eigenvalue weighted by Gasteiger charge is 2.27. The van der Waals surface area contributed by atoms with Gasteiger partial charge in [-0.1, -0.05) is 13.8 Å². The number of nitrogens with one attached hydrogen (secondary N) is 2. The molecule has 0 saturated heterocycles. The van der Waals surface area contributed by atoms with Gasteiger partial charge in [-0.2, -0.15) is 13.2 Å². The fraction of sp³-hybridized carbons (Fsp3) is 0.667. The smallest absolute Gasteiger partial charge is 0.370 e. The van der Waals surface area contributed by atoms with E-state index in [0.717, 1.165) is 6.54 Å². The highest BCUT2D eigenvalue weighted by atomic mass is 32.2. The van der Waals surface area contributed by atoms with Crippen molar-refractivity contribution in [3.63, 3.8) is 0 Å². The molecule has 4 nitrogen and oxygen atoms in total. The second-order valence-electron chi connectivity index (χ2n) is 4.40. The maximum Gasteiger partial charge on any atom is 0.441 e. The summed E-state index contributed by atoms with van der Waals surface area (Å²) in [5.74, 6) is 1.98. The van der Waals surface area contributed by atoms with Gasteiger partial charge in [0.05, 0.1) is 0 Å². The summed E-state index contributed by atoms with van der Waals surface area (Å²) in [6.07, 6.45) is 0. The van der Waals surface area contributed by atoms with Crippen molar-refractivity contribution in [3.8, 4) is 0 Å². The number of hydrogen-bond acceptors (Lipinski definition) is 5. The summed E-state index contributed by atoms with van der Waals surface area (Å²) in [4.78, 5) is 8.64. The number of nitrogens with zero attached hydrogens (tertiary/aromatic N) is 2. The van der Waals surface area contributed by atoms with E-state index in [4.69, 9.17) is 0 Å². The van der Waals surface area contributed by atoms with Gasteiger partial charge in [0.2, 0.25) is 0 Å². The van der Waals surface area contributed by atoms with Crippen LogP contribution in [0.25, 0.3) is 0 Å². The van der Waals surface area contributed by atoms with Crippen molar-refractivity contribution in [2.45, 2.75) is 32.2 Å². The SMILES string of the molecule is CCNc1cc(NCCSC(F)(F)F)nc(C(C)C)n1. The average Bonchev–Trinajstić information content (AvgIpc) is 2.33. The van der Waals surface area contributed by atoms with E-state index in [-0.39, 0.29) is 30.0 Å². The Morgan fingerprint density at radius 3 is 2.30 bits per heavy atom. The van der Waals surface area contributed by atoms with E-state index >= 15 is 0 Å². The van der Waals surface area contributed by atoms with Gasteiger partial charge in [-0.05, 0) is 18.7 Å². The normalized spacial score (nSPS) is 11.8. The molecular weight excluding hydrogens is 289 g/mol. The zero-order valence-electron chi connectivity index (χ0n) is 11.7. The van der Waals surface area contributed by atoms with Crippen LogP contribution in [0.3, 0.4) is 0 Å². The predicted octanol–water partition coefficient (Wildman–Crippen LogP) is 3.70. The molecule has 0 aromatic carbocycles. The summed E-state index contributed by atoms with van der Waals surface area (Å²) >= 11 is -0.0438. The van der Waals surface area contributed by atoms with Crippen LogP contribution in [0.5, 0.6) is 0 Å². The molecule has 0 aliphatic rings. The molecule has 0 aliphatic carbocycles. The van der Waals surface area contributed by atoms with Crippen LogP contribution in [0.15, 0.2) is 6.07 Å². The van der Waals surface area contributed by atoms with Crippen LogP contribution in [0.2, 0.25) is 0 Å². The first kappa shape index (κ1) is 16.9. The van der Waals surface area contributed by atoms with E-state index in [2.05, 4.69) is 20.6 Å². The summed E-state index contributed by atoms with van der Waals surface area (Å²) < 4.78 is 36.0. The van der Waals surface area contributed by atoms with E-state index in [1.54, 1.807) is 6.07 Å². The van der Waals surface area contributed by atoms with Gasteiger partial charge in [0.1, 0.15) is 17.5 Å². The Morgan fingerprint density at radius 1 is 1.20 bits per heavy atom. The van der Waals surface area contributed by atoms with Crippen LogP contribution in [0, 0.1) is 0 Å². The van der Waals surface area contributed by atoms with E-state index in [9.17, 15) is 13.2 Å². The summed E-state index contributed by atoms with van der Waals surface area (Å²) in [7, 11) is 0. The number of anilines is 2. The Balaban J connectivity index is 2.64. The van der Waals surface area contributed by atoms with Crippen LogP contribution < -0.4 is 10.6 Å². The van der Waals surface area contributed by atoms with E-state index in [0.29, 0.717) is 17.5 Å². The molecule has 1 heterocycles. The zero-order valence-corrected chi connectivity index (χ0v) is 12.5. The minimum absolute atomic E-state index is 0.0438. The van der Waals surface area contributed by atoms with Gasteiger partial charge in [-0.15, -0.1) is 0 Å². The molecule has 0 radical (unpaired) electrons. The third-order valence-corrected chi connectivity index (χ3v) is 3.03. The van der Waals surface area contributed by atoms with Crippen LogP contribution in [-0.4, -0.2) is 34.3 Å². The largest absolute Gasteiger partial charge is 0.441 e. The van der Waals surface area contributed by atoms with Crippen LogP contribution in [0.4, 0.5) is 24.8 Å². The molecule has 0 saturated carbocycles. The van der Waals surface area contributed by atoms with Crippen LogP contribution in [-0.2, 0) is 0 Å². The second-order valence-corrected chi connectivity index (χ2v) is 5.56. The van der Waals surface area contributed by atoms with E-state index in [1.165, 1.54) is 0 Å². The van der Waals surface area contributed by atoms with Gasteiger partial charge in [-0.3, -0.25) is 0 Å². The molecule has 0 bridgehead atoms. The topological polar surface area (TPSA) is 49.8 Å². The minimum atomic E-state index is -4.19. The highest BCUT2D eigenvalue weighted by molar-refractivity contribution is 8.00. The van der Waals surface area contributed by atoms with E-state index < -0.39 is 5.51 Å². The van der Waals surface area contributed by atoms with Gasteiger partial charge in [0.15, 0.2) is 0 Å². The lowest BCUT2D eigenvalue weighted by Crippen LogP contribution is -2.12. The lowest BCUT2D eigenvalue weighted by Gasteiger charge is -2.12. The summed E-state index contributed by atoms with van der Waals surface area (Å²) in [6.45, 7) is 6.80. The maximum absolute atomic E-state index is 12.0. The number of rotatable bonds is 7. The Morgan fingerprint density at radius 2 is 1.80 bits per heavy atom. The first-order valence-electron chi connectivity index (χ1n) is 6.39. The van der Waals surface area contributed by atoms with Gasteiger partial charge >= 0.3 is 5.51 Å². The van der Waals surface area contributed by atoms with Crippen molar-refractivity contribution < 1.29 is 13.2 Å². The highest BCUT2D eigenvalue weighted by Crippen LogP contribution is 2.29. The third kappa shape index (κ3) is 6.31. The standard InChI is InChI=1S/C12H19F3N4S/c1-4-16-9-7-10(19-11(18-9)8(2)3)17-5-6-20-12(13,14)15/h7-8H,4-6H2,1-3H3,(H2,16,17,18,19). The molecule has 0 amide bonds.